The standard InChI is InChI=1S/C15H24N2O2S/c1-10(14(16)12-7-5-4-6-8-12)15(19)17-11(2)13(9-18)20-3/h4-8,10-11,13-14,18H,9,16H2,1-3H3,(H,17,19). The SMILES string of the molecule is CSC(CO)C(C)NC(=O)C(C)C(N)c1ccccc1. The smallest absolute Gasteiger partial charge is 0.224 e. The van der Waals surface area contributed by atoms with Crippen molar-refractivity contribution >= 4 is 17.7 Å². The zero-order chi connectivity index (χ0) is 15.1. The van der Waals surface area contributed by atoms with E-state index in [-0.39, 0.29) is 35.8 Å². The minimum atomic E-state index is -0.328. The van der Waals surface area contributed by atoms with E-state index >= 15 is 0 Å². The Morgan fingerprint density at radius 3 is 2.45 bits per heavy atom. The Kier molecular flexibility index (Phi) is 7.05. The number of benzene rings is 1. The van der Waals surface area contributed by atoms with Crippen LogP contribution >= 0.6 is 11.8 Å². The highest BCUT2D eigenvalue weighted by Gasteiger charge is 2.25. The van der Waals surface area contributed by atoms with Crippen molar-refractivity contribution in [3.63, 3.8) is 0 Å². The Morgan fingerprint density at radius 2 is 1.95 bits per heavy atom. The lowest BCUT2D eigenvalue weighted by atomic mass is 9.94. The van der Waals surface area contributed by atoms with E-state index in [0.29, 0.717) is 0 Å². The van der Waals surface area contributed by atoms with Crippen molar-refractivity contribution in [3.05, 3.63) is 35.9 Å². The maximum Gasteiger partial charge on any atom is 0.224 e. The van der Waals surface area contributed by atoms with Crippen LogP contribution in [0.15, 0.2) is 30.3 Å². The molecule has 0 heterocycles. The normalized spacial score (nSPS) is 17.1. The maximum absolute atomic E-state index is 12.2. The van der Waals surface area contributed by atoms with E-state index in [0.717, 1.165) is 5.56 Å². The molecule has 0 aliphatic rings. The molecule has 0 saturated carbocycles. The van der Waals surface area contributed by atoms with Gasteiger partial charge in [-0.15, -0.1) is 0 Å². The van der Waals surface area contributed by atoms with Gasteiger partial charge in [0.05, 0.1) is 12.5 Å². The zero-order valence-corrected chi connectivity index (χ0v) is 13.1. The van der Waals surface area contributed by atoms with Crippen molar-refractivity contribution in [2.45, 2.75) is 31.2 Å². The predicted molar refractivity (Wildman–Crippen MR) is 84.5 cm³/mol. The lowest BCUT2D eigenvalue weighted by Crippen LogP contribution is -2.45. The number of hydrogen-bond donors (Lipinski definition) is 3. The number of amides is 1. The second-order valence-corrected chi connectivity index (χ2v) is 6.06. The summed E-state index contributed by atoms with van der Waals surface area (Å²) in [6.07, 6.45) is 1.92. The Hall–Kier alpha value is -1.04. The Balaban J connectivity index is 2.63. The highest BCUT2D eigenvalue weighted by atomic mass is 32.2. The van der Waals surface area contributed by atoms with Crippen molar-refractivity contribution in [3.8, 4) is 0 Å². The van der Waals surface area contributed by atoms with Crippen LogP contribution in [-0.2, 0) is 4.79 Å². The molecular weight excluding hydrogens is 272 g/mol. The lowest BCUT2D eigenvalue weighted by Gasteiger charge is -2.25. The molecule has 112 valence electrons. The molecule has 1 aromatic carbocycles. The van der Waals surface area contributed by atoms with Gasteiger partial charge >= 0.3 is 0 Å². The number of nitrogens with one attached hydrogen (secondary N) is 1. The summed E-state index contributed by atoms with van der Waals surface area (Å²) in [6.45, 7) is 3.77. The number of carbonyl (C=O) groups is 1. The van der Waals surface area contributed by atoms with Crippen molar-refractivity contribution in [2.75, 3.05) is 12.9 Å². The van der Waals surface area contributed by atoms with Gasteiger partial charge in [-0.1, -0.05) is 37.3 Å². The fourth-order valence-corrected chi connectivity index (χ4v) is 2.64. The number of nitrogens with two attached hydrogens (primary N) is 1. The Labute approximate surface area is 125 Å². The maximum atomic E-state index is 12.2. The largest absolute Gasteiger partial charge is 0.395 e. The first kappa shape index (κ1) is 17.0. The van der Waals surface area contributed by atoms with Gasteiger partial charge in [0.25, 0.3) is 0 Å². The molecule has 20 heavy (non-hydrogen) atoms. The molecule has 0 aromatic heterocycles. The van der Waals surface area contributed by atoms with E-state index < -0.39 is 0 Å². The predicted octanol–water partition coefficient (Wildman–Crippen LogP) is 1.55. The van der Waals surface area contributed by atoms with Gasteiger partial charge in [0.15, 0.2) is 0 Å². The van der Waals surface area contributed by atoms with E-state index in [1.54, 1.807) is 11.8 Å². The molecule has 1 rings (SSSR count). The molecule has 0 fully saturated rings. The van der Waals surface area contributed by atoms with Gasteiger partial charge in [0.2, 0.25) is 5.91 Å². The van der Waals surface area contributed by atoms with Crippen molar-refractivity contribution in [1.82, 2.24) is 5.32 Å². The third-order valence-corrected chi connectivity index (χ3v) is 4.71. The van der Waals surface area contributed by atoms with Gasteiger partial charge in [-0.25, -0.2) is 0 Å². The molecule has 0 bridgehead atoms. The zero-order valence-electron chi connectivity index (χ0n) is 12.2. The van der Waals surface area contributed by atoms with Crippen molar-refractivity contribution < 1.29 is 9.90 Å². The van der Waals surface area contributed by atoms with Gasteiger partial charge in [-0.2, -0.15) is 11.8 Å². The van der Waals surface area contributed by atoms with Crippen LogP contribution in [0.1, 0.15) is 25.5 Å². The van der Waals surface area contributed by atoms with Gasteiger partial charge in [0.1, 0.15) is 0 Å². The summed E-state index contributed by atoms with van der Waals surface area (Å²) in [5.74, 6) is -0.401. The van der Waals surface area contributed by atoms with E-state index in [1.165, 1.54) is 0 Å². The van der Waals surface area contributed by atoms with Crippen LogP contribution in [0.2, 0.25) is 0 Å². The van der Waals surface area contributed by atoms with Crippen LogP contribution in [0, 0.1) is 5.92 Å². The van der Waals surface area contributed by atoms with Crippen LogP contribution < -0.4 is 11.1 Å². The number of rotatable bonds is 7. The molecule has 4 nitrogen and oxygen atoms in total. The van der Waals surface area contributed by atoms with Crippen LogP contribution in [-0.4, -0.2) is 35.2 Å². The Bertz CT molecular complexity index is 410. The minimum Gasteiger partial charge on any atom is -0.395 e. The second kappa shape index (κ2) is 8.29. The quantitative estimate of drug-likeness (QED) is 0.713. The molecule has 0 spiro atoms. The number of hydrogen-bond acceptors (Lipinski definition) is 4. The fraction of sp³-hybridized carbons (Fsp3) is 0.533. The monoisotopic (exact) mass is 296 g/mol. The van der Waals surface area contributed by atoms with Crippen molar-refractivity contribution in [1.29, 1.82) is 0 Å². The molecule has 1 amide bonds. The summed E-state index contributed by atoms with van der Waals surface area (Å²) in [7, 11) is 0. The third-order valence-electron chi connectivity index (χ3n) is 3.55. The first-order valence-corrected chi connectivity index (χ1v) is 8.04. The van der Waals surface area contributed by atoms with Crippen LogP contribution in [0.25, 0.3) is 0 Å². The molecule has 0 aliphatic heterocycles. The molecule has 4 unspecified atom stereocenters. The molecule has 4 N–H and O–H groups in total. The number of thioether (sulfide) groups is 1. The summed E-state index contributed by atoms with van der Waals surface area (Å²) in [4.78, 5) is 12.2. The van der Waals surface area contributed by atoms with E-state index in [9.17, 15) is 9.90 Å². The summed E-state index contributed by atoms with van der Waals surface area (Å²) < 4.78 is 0. The number of carbonyl (C=O) groups excluding carboxylic acids is 1. The van der Waals surface area contributed by atoms with Gasteiger partial charge in [0, 0.05) is 17.3 Å². The first-order valence-electron chi connectivity index (χ1n) is 6.75. The molecule has 0 radical (unpaired) electrons. The van der Waals surface area contributed by atoms with Crippen LogP contribution in [0.5, 0.6) is 0 Å². The summed E-state index contributed by atoms with van der Waals surface area (Å²) >= 11 is 1.54. The number of aliphatic hydroxyl groups is 1. The molecule has 1 aromatic rings. The third kappa shape index (κ3) is 4.51. The van der Waals surface area contributed by atoms with Gasteiger partial charge < -0.3 is 16.2 Å². The number of aliphatic hydroxyl groups excluding tert-OH is 1. The van der Waals surface area contributed by atoms with Crippen LogP contribution in [0.3, 0.4) is 0 Å². The summed E-state index contributed by atoms with van der Waals surface area (Å²) in [6, 6.07) is 9.19. The first-order chi connectivity index (χ1) is 9.51. The Morgan fingerprint density at radius 1 is 1.35 bits per heavy atom. The molecule has 5 heteroatoms. The minimum absolute atomic E-state index is 0.000834. The molecular formula is C15H24N2O2S. The van der Waals surface area contributed by atoms with Gasteiger partial charge in [-0.3, -0.25) is 4.79 Å². The lowest BCUT2D eigenvalue weighted by molar-refractivity contribution is -0.125. The highest BCUT2D eigenvalue weighted by molar-refractivity contribution is 7.99. The molecule has 0 saturated heterocycles. The average molecular weight is 296 g/mol. The van der Waals surface area contributed by atoms with E-state index in [2.05, 4.69) is 5.32 Å². The molecule has 0 aliphatic carbocycles. The average Bonchev–Trinajstić information content (AvgIpc) is 2.47. The van der Waals surface area contributed by atoms with E-state index in [1.807, 2.05) is 50.4 Å². The highest BCUT2D eigenvalue weighted by Crippen LogP contribution is 2.20. The second-order valence-electron chi connectivity index (χ2n) is 4.98. The van der Waals surface area contributed by atoms with E-state index in [4.69, 9.17) is 5.73 Å². The molecule has 4 atom stereocenters. The van der Waals surface area contributed by atoms with Crippen molar-refractivity contribution in [2.24, 2.45) is 11.7 Å². The topological polar surface area (TPSA) is 75.3 Å². The summed E-state index contributed by atoms with van der Waals surface area (Å²) in [5, 5.41) is 12.2. The fourth-order valence-electron chi connectivity index (χ4n) is 2.01. The van der Waals surface area contributed by atoms with Gasteiger partial charge in [-0.05, 0) is 18.7 Å². The van der Waals surface area contributed by atoms with Crippen LogP contribution in [0.4, 0.5) is 0 Å². The summed E-state index contributed by atoms with van der Waals surface area (Å²) in [5.41, 5.74) is 7.09.